The van der Waals surface area contributed by atoms with Crippen LogP contribution in [0.15, 0.2) is 54.6 Å². The van der Waals surface area contributed by atoms with Crippen molar-refractivity contribution in [1.82, 2.24) is 19.0 Å². The van der Waals surface area contributed by atoms with Crippen molar-refractivity contribution in [2.45, 2.75) is 44.3 Å². The van der Waals surface area contributed by atoms with Crippen LogP contribution < -0.4 is 10.5 Å². The van der Waals surface area contributed by atoms with Gasteiger partial charge in [-0.15, -0.1) is 0 Å². The summed E-state index contributed by atoms with van der Waals surface area (Å²) in [6.45, 7) is 1.62. The molecule has 5 aromatic rings. The summed E-state index contributed by atoms with van der Waals surface area (Å²) in [7, 11) is 3.65. The van der Waals surface area contributed by atoms with E-state index in [9.17, 15) is 9.90 Å². The molecule has 3 N–H and O–H groups in total. The Morgan fingerprint density at radius 1 is 1.09 bits per heavy atom. The van der Waals surface area contributed by atoms with Gasteiger partial charge in [-0.2, -0.15) is 0 Å². The number of aryl methyl sites for hydroxylation is 1. The summed E-state index contributed by atoms with van der Waals surface area (Å²) < 4.78 is 10.3. The van der Waals surface area contributed by atoms with E-state index >= 15 is 0 Å². The number of phenols is 1. The molecule has 1 saturated heterocycles. The van der Waals surface area contributed by atoms with Gasteiger partial charge in [-0.3, -0.25) is 4.79 Å². The summed E-state index contributed by atoms with van der Waals surface area (Å²) in [5, 5.41) is 11.5. The lowest BCUT2D eigenvalue weighted by Crippen LogP contribution is -2.41. The van der Waals surface area contributed by atoms with Crippen molar-refractivity contribution in [3.63, 3.8) is 0 Å². The zero-order valence-electron chi connectivity index (χ0n) is 24.3. The van der Waals surface area contributed by atoms with Gasteiger partial charge in [0.05, 0.1) is 23.3 Å². The highest BCUT2D eigenvalue weighted by Crippen LogP contribution is 2.41. The van der Waals surface area contributed by atoms with Crippen LogP contribution in [-0.2, 0) is 13.6 Å². The van der Waals surface area contributed by atoms with E-state index in [1.54, 1.807) is 19.2 Å². The molecule has 2 aliphatic carbocycles. The molecule has 9 heteroatoms. The number of likely N-dealkylation sites (tertiary alicyclic amines) is 1. The van der Waals surface area contributed by atoms with Crippen molar-refractivity contribution >= 4 is 39.4 Å². The van der Waals surface area contributed by atoms with Crippen LogP contribution in [-0.4, -0.2) is 55.8 Å². The number of aromatic nitrogens is 3. The first-order chi connectivity index (χ1) is 20.8. The van der Waals surface area contributed by atoms with E-state index in [2.05, 4.69) is 33.4 Å². The minimum atomic E-state index is -0.00155. The number of rotatable bonds is 6. The van der Waals surface area contributed by atoms with E-state index in [0.717, 1.165) is 70.5 Å². The topological polar surface area (TPSA) is 98.5 Å². The Morgan fingerprint density at radius 3 is 2.63 bits per heavy atom. The molecule has 8 rings (SSSR count). The van der Waals surface area contributed by atoms with E-state index in [0.29, 0.717) is 28.2 Å². The Morgan fingerprint density at radius 2 is 1.93 bits per heavy atom. The van der Waals surface area contributed by atoms with Gasteiger partial charge in [-0.25, -0.2) is 4.98 Å². The van der Waals surface area contributed by atoms with Crippen LogP contribution in [0.5, 0.6) is 11.5 Å². The monoisotopic (exact) mass is 595 g/mol. The van der Waals surface area contributed by atoms with Crippen LogP contribution in [0.2, 0.25) is 5.02 Å². The Labute approximate surface area is 254 Å². The fourth-order valence-corrected chi connectivity index (χ4v) is 7.65. The summed E-state index contributed by atoms with van der Waals surface area (Å²) >= 11 is 6.52. The number of imidazole rings is 1. The number of aromatic hydroxyl groups is 1. The molecule has 3 heterocycles. The highest BCUT2D eigenvalue weighted by molar-refractivity contribution is 6.33. The third-order valence-corrected chi connectivity index (χ3v) is 10.2. The van der Waals surface area contributed by atoms with Crippen molar-refractivity contribution in [3.05, 3.63) is 65.2 Å². The van der Waals surface area contributed by atoms with Gasteiger partial charge in [-0.1, -0.05) is 23.7 Å². The quantitative estimate of drug-likeness (QED) is 0.243. The van der Waals surface area contributed by atoms with Crippen molar-refractivity contribution in [3.8, 4) is 34.1 Å². The fraction of sp³-hybridized carbons (Fsp3) is 0.353. The Kier molecular flexibility index (Phi) is 6.04. The minimum absolute atomic E-state index is 0.00155. The number of amides is 1. The lowest BCUT2D eigenvalue weighted by atomic mass is 10.0. The molecule has 0 spiro atoms. The smallest absolute Gasteiger partial charge is 0.254 e. The number of nitrogens with zero attached hydrogens (tertiary/aromatic N) is 4. The summed E-state index contributed by atoms with van der Waals surface area (Å²) in [5.41, 5.74) is 12.6. The maximum absolute atomic E-state index is 13.7. The zero-order valence-corrected chi connectivity index (χ0v) is 25.0. The predicted molar refractivity (Wildman–Crippen MR) is 169 cm³/mol. The minimum Gasteiger partial charge on any atom is -0.508 e. The van der Waals surface area contributed by atoms with Gasteiger partial charge in [-0.05, 0) is 85.5 Å². The van der Waals surface area contributed by atoms with Crippen LogP contribution >= 0.6 is 11.6 Å². The average molecular weight is 596 g/mol. The summed E-state index contributed by atoms with van der Waals surface area (Å²) in [6.07, 6.45) is 4.50. The number of benzene rings is 3. The maximum atomic E-state index is 13.7. The first-order valence-electron chi connectivity index (χ1n) is 15.0. The number of halogens is 1. The second-order valence-electron chi connectivity index (χ2n) is 12.5. The normalized spacial score (nSPS) is 21.4. The SMILES string of the molecule is COc1cc(C(=O)N2C[C@H]3CC[C@@H]2[C@@H]3N)cc2nc(-c3cc4ccc(-c5ccc(O)cc5Cl)cc4n3CC3CC3)n(C)c12. The molecule has 2 bridgehead atoms. The Bertz CT molecular complexity index is 1940. The number of phenolic OH excluding ortho intramolecular Hbond substituents is 1. The van der Waals surface area contributed by atoms with Crippen LogP contribution in [0.4, 0.5) is 0 Å². The van der Waals surface area contributed by atoms with Gasteiger partial charge in [0, 0.05) is 54.3 Å². The summed E-state index contributed by atoms with van der Waals surface area (Å²) in [4.78, 5) is 20.8. The largest absolute Gasteiger partial charge is 0.508 e. The molecule has 0 radical (unpaired) electrons. The third-order valence-electron chi connectivity index (χ3n) is 9.85. The van der Waals surface area contributed by atoms with Crippen molar-refractivity contribution < 1.29 is 14.6 Å². The molecule has 0 unspecified atom stereocenters. The molecular formula is C34H34ClN5O3. The number of carbonyl (C=O) groups is 1. The molecule has 2 aromatic heterocycles. The average Bonchev–Trinajstić information content (AvgIpc) is 3.41. The van der Waals surface area contributed by atoms with Crippen LogP contribution in [0, 0.1) is 11.8 Å². The second kappa shape index (κ2) is 9.76. The van der Waals surface area contributed by atoms with Crippen LogP contribution in [0.25, 0.3) is 44.6 Å². The number of piperidine rings is 1. The molecular weight excluding hydrogens is 562 g/mol. The summed E-state index contributed by atoms with van der Waals surface area (Å²) in [5.74, 6) is 2.61. The molecule has 1 amide bonds. The number of ether oxygens (including phenoxy) is 1. The van der Waals surface area contributed by atoms with Gasteiger partial charge in [0.25, 0.3) is 5.91 Å². The fourth-order valence-electron chi connectivity index (χ4n) is 7.37. The van der Waals surface area contributed by atoms with Crippen molar-refractivity contribution in [2.24, 2.45) is 24.6 Å². The number of fused-ring (bicyclic) bond motifs is 4. The van der Waals surface area contributed by atoms with Crippen molar-refractivity contribution in [2.75, 3.05) is 13.7 Å². The van der Waals surface area contributed by atoms with E-state index < -0.39 is 0 Å². The highest BCUT2D eigenvalue weighted by Gasteiger charge is 2.47. The molecule has 3 aromatic carbocycles. The van der Waals surface area contributed by atoms with Crippen LogP contribution in [0.3, 0.4) is 0 Å². The number of hydrogen-bond acceptors (Lipinski definition) is 5. The van der Waals surface area contributed by atoms with E-state index in [1.807, 2.05) is 30.1 Å². The molecule has 3 atom stereocenters. The molecule has 3 aliphatic rings. The predicted octanol–water partition coefficient (Wildman–Crippen LogP) is 6.20. The van der Waals surface area contributed by atoms with E-state index in [-0.39, 0.29) is 23.7 Å². The van der Waals surface area contributed by atoms with Gasteiger partial charge >= 0.3 is 0 Å². The van der Waals surface area contributed by atoms with Gasteiger partial charge in [0.2, 0.25) is 0 Å². The molecule has 2 saturated carbocycles. The highest BCUT2D eigenvalue weighted by atomic mass is 35.5. The van der Waals surface area contributed by atoms with E-state index in [4.69, 9.17) is 27.1 Å². The zero-order chi connectivity index (χ0) is 29.6. The van der Waals surface area contributed by atoms with Crippen molar-refractivity contribution in [1.29, 1.82) is 0 Å². The first-order valence-corrected chi connectivity index (χ1v) is 15.4. The molecule has 8 nitrogen and oxygen atoms in total. The van der Waals surface area contributed by atoms with Gasteiger partial charge in [0.1, 0.15) is 17.0 Å². The lowest BCUT2D eigenvalue weighted by Gasteiger charge is -2.27. The first kappa shape index (κ1) is 26.6. The van der Waals surface area contributed by atoms with Gasteiger partial charge < -0.3 is 29.6 Å². The van der Waals surface area contributed by atoms with Crippen LogP contribution in [0.1, 0.15) is 36.0 Å². The lowest BCUT2D eigenvalue weighted by molar-refractivity contribution is 0.0700. The van der Waals surface area contributed by atoms with Gasteiger partial charge in [0.15, 0.2) is 5.82 Å². The number of carbonyl (C=O) groups excluding carboxylic acids is 1. The van der Waals surface area contributed by atoms with E-state index in [1.165, 1.54) is 12.8 Å². The molecule has 1 aliphatic heterocycles. The molecule has 43 heavy (non-hydrogen) atoms. The maximum Gasteiger partial charge on any atom is 0.254 e. The number of methoxy groups -OCH3 is 1. The number of hydrogen-bond donors (Lipinski definition) is 2. The second-order valence-corrected chi connectivity index (χ2v) is 12.9. The third kappa shape index (κ3) is 4.22. The Balaban J connectivity index is 1.25. The number of nitrogens with two attached hydrogens (primary N) is 1. The Hall–Kier alpha value is -4.01. The molecule has 220 valence electrons. The molecule has 3 fully saturated rings. The standard InChI is InChI=1S/C34H34ClN5O3/c1-38-32-26(11-22(14-30(32)43-2)34(42)40-17-21-7-10-27(40)31(21)36)37-33(38)29-13-20-6-5-19(24-9-8-23(41)15-25(24)35)12-28(20)39(29)16-18-3-4-18/h5-6,8-9,11-15,18,21,27,31,41H,3-4,7,10,16-17,36H2,1-2H3/t21-,27-,31-/m1/s1. The summed E-state index contributed by atoms with van der Waals surface area (Å²) in [6, 6.07) is 17.6.